The van der Waals surface area contributed by atoms with Gasteiger partial charge in [-0.05, 0) is 75.9 Å². The van der Waals surface area contributed by atoms with Crippen molar-refractivity contribution in [3.63, 3.8) is 0 Å². The Labute approximate surface area is 128 Å². The molecular weight excluding hydrogens is 263 g/mol. The van der Waals surface area contributed by atoms with Gasteiger partial charge in [0.25, 0.3) is 0 Å². The fourth-order valence-corrected chi connectivity index (χ4v) is 2.89. The quantitative estimate of drug-likeness (QED) is 0.742. The maximum Gasteiger partial charge on any atom is 0.126 e. The summed E-state index contributed by atoms with van der Waals surface area (Å²) in [6, 6.07) is 5.84. The lowest BCUT2D eigenvalue weighted by Crippen LogP contribution is -2.31. The molecule has 1 fully saturated rings. The van der Waals surface area contributed by atoms with E-state index in [1.54, 1.807) is 6.07 Å². The van der Waals surface area contributed by atoms with Crippen molar-refractivity contribution in [1.29, 1.82) is 0 Å². The number of hydrogen-bond acceptors (Lipinski definition) is 2. The number of rotatable bonds is 9. The molecule has 0 radical (unpaired) electrons. The van der Waals surface area contributed by atoms with Gasteiger partial charge in [-0.25, -0.2) is 4.39 Å². The van der Waals surface area contributed by atoms with Gasteiger partial charge in [-0.3, -0.25) is 0 Å². The number of nitrogens with one attached hydrogen (secondary N) is 1. The summed E-state index contributed by atoms with van der Waals surface area (Å²) in [6.45, 7) is 7.56. The average Bonchev–Trinajstić information content (AvgIpc) is 3.27. The first-order valence-electron chi connectivity index (χ1n) is 8.29. The molecule has 1 aliphatic carbocycles. The number of aryl methyl sites for hydroxylation is 1. The fourth-order valence-electron chi connectivity index (χ4n) is 2.89. The summed E-state index contributed by atoms with van der Waals surface area (Å²) in [5.74, 6) is 0.831. The second-order valence-corrected chi connectivity index (χ2v) is 6.38. The highest BCUT2D eigenvalue weighted by Crippen LogP contribution is 2.30. The van der Waals surface area contributed by atoms with E-state index in [0.29, 0.717) is 0 Å². The number of halogens is 1. The van der Waals surface area contributed by atoms with Gasteiger partial charge in [0, 0.05) is 12.6 Å². The first-order chi connectivity index (χ1) is 10.1. The molecule has 0 aromatic heterocycles. The molecule has 1 saturated carbocycles. The molecule has 1 unspecified atom stereocenters. The molecule has 1 atom stereocenters. The maximum absolute atomic E-state index is 13.7. The van der Waals surface area contributed by atoms with Crippen molar-refractivity contribution in [2.24, 2.45) is 5.92 Å². The van der Waals surface area contributed by atoms with Crippen LogP contribution in [0.15, 0.2) is 18.2 Å². The SMILES string of the molecule is CCCN(CCC(NC)c1ccc(C)c(F)c1)CC1CC1. The van der Waals surface area contributed by atoms with Crippen molar-refractivity contribution in [2.75, 3.05) is 26.7 Å². The monoisotopic (exact) mass is 292 g/mol. The molecule has 0 spiro atoms. The van der Waals surface area contributed by atoms with E-state index in [1.165, 1.54) is 32.4 Å². The van der Waals surface area contributed by atoms with E-state index in [1.807, 2.05) is 26.1 Å². The first kappa shape index (κ1) is 16.4. The van der Waals surface area contributed by atoms with Gasteiger partial charge in [0.1, 0.15) is 5.82 Å². The van der Waals surface area contributed by atoms with Gasteiger partial charge in [0.2, 0.25) is 0 Å². The Balaban J connectivity index is 1.91. The Morgan fingerprint density at radius 1 is 1.33 bits per heavy atom. The smallest absolute Gasteiger partial charge is 0.126 e. The van der Waals surface area contributed by atoms with Gasteiger partial charge >= 0.3 is 0 Å². The molecule has 1 aromatic rings. The Hall–Kier alpha value is -0.930. The molecule has 3 heteroatoms. The molecule has 0 amide bonds. The lowest BCUT2D eigenvalue weighted by atomic mass is 10.0. The highest BCUT2D eigenvalue weighted by Gasteiger charge is 2.24. The number of hydrogen-bond donors (Lipinski definition) is 1. The molecule has 2 rings (SSSR count). The van der Waals surface area contributed by atoms with Gasteiger partial charge in [-0.2, -0.15) is 0 Å². The van der Waals surface area contributed by atoms with Gasteiger partial charge in [-0.15, -0.1) is 0 Å². The second kappa shape index (κ2) is 7.90. The third-order valence-corrected chi connectivity index (χ3v) is 4.43. The predicted molar refractivity (Wildman–Crippen MR) is 87.0 cm³/mol. The zero-order valence-corrected chi connectivity index (χ0v) is 13.7. The van der Waals surface area contributed by atoms with Crippen LogP contribution >= 0.6 is 0 Å². The lowest BCUT2D eigenvalue weighted by molar-refractivity contribution is 0.249. The van der Waals surface area contributed by atoms with Crippen molar-refractivity contribution < 1.29 is 4.39 Å². The van der Waals surface area contributed by atoms with Gasteiger partial charge in [-0.1, -0.05) is 19.1 Å². The van der Waals surface area contributed by atoms with E-state index in [0.717, 1.165) is 30.0 Å². The molecule has 1 aliphatic rings. The van der Waals surface area contributed by atoms with Crippen molar-refractivity contribution >= 4 is 0 Å². The van der Waals surface area contributed by atoms with E-state index in [9.17, 15) is 4.39 Å². The Morgan fingerprint density at radius 3 is 2.67 bits per heavy atom. The molecule has 118 valence electrons. The third-order valence-electron chi connectivity index (χ3n) is 4.43. The van der Waals surface area contributed by atoms with Crippen LogP contribution in [0.2, 0.25) is 0 Å². The van der Waals surface area contributed by atoms with Crippen molar-refractivity contribution in [1.82, 2.24) is 10.2 Å². The van der Waals surface area contributed by atoms with E-state index in [-0.39, 0.29) is 11.9 Å². The zero-order valence-electron chi connectivity index (χ0n) is 13.7. The molecule has 1 N–H and O–H groups in total. The summed E-state index contributed by atoms with van der Waals surface area (Å²) in [7, 11) is 1.97. The molecule has 0 saturated heterocycles. The Bertz CT molecular complexity index is 443. The number of nitrogens with zero attached hydrogens (tertiary/aromatic N) is 1. The van der Waals surface area contributed by atoms with Crippen LogP contribution in [0.1, 0.15) is 49.8 Å². The lowest BCUT2D eigenvalue weighted by Gasteiger charge is -2.25. The third kappa shape index (κ3) is 5.08. The van der Waals surface area contributed by atoms with Gasteiger partial charge < -0.3 is 10.2 Å². The van der Waals surface area contributed by atoms with E-state index in [4.69, 9.17) is 0 Å². The summed E-state index contributed by atoms with van der Waals surface area (Å²) < 4.78 is 13.7. The minimum Gasteiger partial charge on any atom is -0.313 e. The molecule has 0 heterocycles. The zero-order chi connectivity index (χ0) is 15.2. The van der Waals surface area contributed by atoms with Crippen LogP contribution in [0.25, 0.3) is 0 Å². The molecule has 2 nitrogen and oxygen atoms in total. The molecular formula is C18H29FN2. The largest absolute Gasteiger partial charge is 0.313 e. The van der Waals surface area contributed by atoms with Crippen LogP contribution in [0.3, 0.4) is 0 Å². The van der Waals surface area contributed by atoms with Gasteiger partial charge in [0.15, 0.2) is 0 Å². The maximum atomic E-state index is 13.7. The van der Waals surface area contributed by atoms with Crippen molar-refractivity contribution in [3.8, 4) is 0 Å². The van der Waals surface area contributed by atoms with Crippen LogP contribution in [0, 0.1) is 18.7 Å². The predicted octanol–water partition coefficient (Wildman–Crippen LogP) is 3.91. The highest BCUT2D eigenvalue weighted by molar-refractivity contribution is 5.25. The Morgan fingerprint density at radius 2 is 2.10 bits per heavy atom. The van der Waals surface area contributed by atoms with E-state index in [2.05, 4.69) is 17.1 Å². The summed E-state index contributed by atoms with van der Waals surface area (Å²) in [6.07, 6.45) is 5.04. The minimum atomic E-state index is -0.101. The molecule has 0 aliphatic heterocycles. The van der Waals surface area contributed by atoms with E-state index < -0.39 is 0 Å². The standard InChI is InChI=1S/C18H29FN2/c1-4-10-21(13-15-6-7-15)11-9-18(20-3)16-8-5-14(2)17(19)12-16/h5,8,12,15,18,20H,4,6-7,9-11,13H2,1-3H3. The summed E-state index contributed by atoms with van der Waals surface area (Å²) >= 11 is 0. The van der Waals surface area contributed by atoms with Crippen LogP contribution in [0.4, 0.5) is 4.39 Å². The number of benzene rings is 1. The summed E-state index contributed by atoms with van der Waals surface area (Å²) in [5.41, 5.74) is 1.78. The van der Waals surface area contributed by atoms with Crippen LogP contribution in [-0.4, -0.2) is 31.6 Å². The topological polar surface area (TPSA) is 15.3 Å². The molecule has 0 bridgehead atoms. The van der Waals surface area contributed by atoms with Crippen LogP contribution < -0.4 is 5.32 Å². The highest BCUT2D eigenvalue weighted by atomic mass is 19.1. The normalized spacial score (nSPS) is 16.4. The first-order valence-corrected chi connectivity index (χ1v) is 8.29. The summed E-state index contributed by atoms with van der Waals surface area (Å²) in [5, 5.41) is 3.34. The van der Waals surface area contributed by atoms with Crippen LogP contribution in [0.5, 0.6) is 0 Å². The minimum absolute atomic E-state index is 0.101. The molecule has 21 heavy (non-hydrogen) atoms. The van der Waals surface area contributed by atoms with E-state index >= 15 is 0 Å². The van der Waals surface area contributed by atoms with Gasteiger partial charge in [0.05, 0.1) is 0 Å². The Kier molecular flexibility index (Phi) is 6.19. The van der Waals surface area contributed by atoms with Crippen molar-refractivity contribution in [2.45, 2.75) is 45.6 Å². The average molecular weight is 292 g/mol. The van der Waals surface area contributed by atoms with Crippen LogP contribution in [-0.2, 0) is 0 Å². The molecule has 1 aromatic carbocycles. The summed E-state index contributed by atoms with van der Waals surface area (Å²) in [4.78, 5) is 2.58. The fraction of sp³-hybridized carbons (Fsp3) is 0.667. The second-order valence-electron chi connectivity index (χ2n) is 6.38. The van der Waals surface area contributed by atoms with Crippen molar-refractivity contribution in [3.05, 3.63) is 35.1 Å².